The van der Waals surface area contributed by atoms with Crippen LogP contribution in [0, 0.1) is 0 Å². The minimum Gasteiger partial charge on any atom is -0.396 e. The van der Waals surface area contributed by atoms with Gasteiger partial charge in [0.15, 0.2) is 0 Å². The minimum atomic E-state index is 0.252. The average Bonchev–Trinajstić information content (AvgIpc) is 1.94. The molecule has 1 heterocycles. The highest BCUT2D eigenvalue weighted by Gasteiger charge is 2.03. The zero-order valence-electron chi connectivity index (χ0n) is 6.30. The van der Waals surface area contributed by atoms with Gasteiger partial charge >= 0.3 is 0 Å². The van der Waals surface area contributed by atoms with Crippen LogP contribution >= 0.6 is 0 Å². The maximum atomic E-state index is 8.65. The number of hydrogen-bond donors (Lipinski definition) is 1. The molecule has 1 aliphatic rings. The fraction of sp³-hybridized carbons (Fsp3) is 0.625. The Morgan fingerprint density at radius 3 is 3.10 bits per heavy atom. The maximum Gasteiger partial charge on any atom is 0.0468 e. The van der Waals surface area contributed by atoms with E-state index in [0.717, 1.165) is 25.0 Å². The Morgan fingerprint density at radius 1 is 1.70 bits per heavy atom. The fourth-order valence-electron chi connectivity index (χ4n) is 1.15. The van der Waals surface area contributed by atoms with Gasteiger partial charge in [0.2, 0.25) is 0 Å². The van der Waals surface area contributed by atoms with Crippen molar-refractivity contribution in [3.63, 3.8) is 0 Å². The lowest BCUT2D eigenvalue weighted by Gasteiger charge is -2.10. The van der Waals surface area contributed by atoms with E-state index < -0.39 is 0 Å². The first-order valence-corrected chi connectivity index (χ1v) is 3.66. The molecule has 0 fully saturated rings. The van der Waals surface area contributed by atoms with E-state index in [4.69, 9.17) is 5.11 Å². The van der Waals surface area contributed by atoms with E-state index in [-0.39, 0.29) is 6.61 Å². The maximum absolute atomic E-state index is 8.65. The smallest absolute Gasteiger partial charge is 0.0468 e. The van der Waals surface area contributed by atoms with Gasteiger partial charge in [-0.25, -0.2) is 0 Å². The van der Waals surface area contributed by atoms with Crippen molar-refractivity contribution in [2.45, 2.75) is 26.2 Å². The molecule has 0 saturated carbocycles. The predicted octanol–water partition coefficient (Wildman–Crippen LogP) is 1.51. The van der Waals surface area contributed by atoms with E-state index >= 15 is 0 Å². The molecular formula is C8H13NO. The zero-order chi connectivity index (χ0) is 7.40. The first-order valence-electron chi connectivity index (χ1n) is 3.66. The van der Waals surface area contributed by atoms with Crippen LogP contribution < -0.4 is 0 Å². The molecule has 0 amide bonds. The number of aliphatic imine (C=N–C) groups is 1. The van der Waals surface area contributed by atoms with Crippen LogP contribution in [0.2, 0.25) is 0 Å². The van der Waals surface area contributed by atoms with Crippen LogP contribution in [0.5, 0.6) is 0 Å². The molecule has 0 radical (unpaired) electrons. The highest BCUT2D eigenvalue weighted by Crippen LogP contribution is 2.18. The molecule has 1 rings (SSSR count). The third-order valence-corrected chi connectivity index (χ3v) is 1.79. The van der Waals surface area contributed by atoms with E-state index in [0.29, 0.717) is 0 Å². The fourth-order valence-corrected chi connectivity index (χ4v) is 1.15. The molecule has 1 N–H and O–H groups in total. The van der Waals surface area contributed by atoms with Crippen LogP contribution in [-0.4, -0.2) is 17.9 Å². The van der Waals surface area contributed by atoms with Gasteiger partial charge in [0.05, 0.1) is 0 Å². The molecule has 0 unspecified atom stereocenters. The Balaban J connectivity index is 2.60. The largest absolute Gasteiger partial charge is 0.396 e. The van der Waals surface area contributed by atoms with E-state index in [1.54, 1.807) is 0 Å². The van der Waals surface area contributed by atoms with Crippen molar-refractivity contribution in [3.05, 3.63) is 11.3 Å². The van der Waals surface area contributed by atoms with Gasteiger partial charge in [0, 0.05) is 18.5 Å². The van der Waals surface area contributed by atoms with E-state index in [9.17, 15) is 0 Å². The summed E-state index contributed by atoms with van der Waals surface area (Å²) < 4.78 is 0. The second-order valence-corrected chi connectivity index (χ2v) is 2.51. The number of allylic oxidation sites excluding steroid dienone is 1. The molecule has 1 aliphatic heterocycles. The molecule has 0 bridgehead atoms. The normalized spacial score (nSPS) is 18.2. The summed E-state index contributed by atoms with van der Waals surface area (Å²) in [6.07, 6.45) is 4.85. The molecule has 0 aromatic carbocycles. The van der Waals surface area contributed by atoms with Crippen molar-refractivity contribution < 1.29 is 5.11 Å². The zero-order valence-corrected chi connectivity index (χ0v) is 6.30. The van der Waals surface area contributed by atoms with Gasteiger partial charge in [-0.3, -0.25) is 4.99 Å². The molecule has 10 heavy (non-hydrogen) atoms. The van der Waals surface area contributed by atoms with Gasteiger partial charge in [0.1, 0.15) is 0 Å². The van der Waals surface area contributed by atoms with Crippen LogP contribution in [0.15, 0.2) is 16.3 Å². The van der Waals surface area contributed by atoms with Crippen molar-refractivity contribution in [2.24, 2.45) is 4.99 Å². The van der Waals surface area contributed by atoms with E-state index in [2.05, 4.69) is 4.99 Å². The van der Waals surface area contributed by atoms with Crippen LogP contribution in [0.3, 0.4) is 0 Å². The Labute approximate surface area is 61.3 Å². The molecule has 0 atom stereocenters. The number of rotatable bonds is 2. The minimum absolute atomic E-state index is 0.252. The van der Waals surface area contributed by atoms with Crippen molar-refractivity contribution in [2.75, 3.05) is 6.61 Å². The number of aliphatic hydroxyl groups is 1. The van der Waals surface area contributed by atoms with Gasteiger partial charge in [-0.1, -0.05) is 0 Å². The monoisotopic (exact) mass is 139 g/mol. The summed E-state index contributed by atoms with van der Waals surface area (Å²) in [4.78, 5) is 4.17. The molecule has 56 valence electrons. The third-order valence-electron chi connectivity index (χ3n) is 1.79. The van der Waals surface area contributed by atoms with Gasteiger partial charge in [-0.2, -0.15) is 0 Å². The van der Waals surface area contributed by atoms with E-state index in [1.807, 2.05) is 13.1 Å². The van der Waals surface area contributed by atoms with Crippen molar-refractivity contribution in [1.29, 1.82) is 0 Å². The molecule has 0 saturated heterocycles. The van der Waals surface area contributed by atoms with E-state index in [1.165, 1.54) is 5.57 Å². The molecule has 2 nitrogen and oxygen atoms in total. The highest BCUT2D eigenvalue weighted by molar-refractivity contribution is 5.61. The molecular weight excluding hydrogens is 126 g/mol. The Kier molecular flexibility index (Phi) is 2.63. The number of nitrogens with zero attached hydrogens (tertiary/aromatic N) is 1. The number of hydrogen-bond acceptors (Lipinski definition) is 2. The van der Waals surface area contributed by atoms with Gasteiger partial charge in [0.25, 0.3) is 0 Å². The second kappa shape index (κ2) is 3.52. The lowest BCUT2D eigenvalue weighted by Crippen LogP contribution is -1.97. The van der Waals surface area contributed by atoms with Crippen LogP contribution in [0.1, 0.15) is 26.2 Å². The summed E-state index contributed by atoms with van der Waals surface area (Å²) in [5, 5.41) is 8.65. The van der Waals surface area contributed by atoms with Crippen LogP contribution in [0.4, 0.5) is 0 Å². The lowest BCUT2D eigenvalue weighted by molar-refractivity contribution is 0.297. The summed E-state index contributed by atoms with van der Waals surface area (Å²) in [7, 11) is 0. The first kappa shape index (κ1) is 7.48. The van der Waals surface area contributed by atoms with Gasteiger partial charge < -0.3 is 5.11 Å². The van der Waals surface area contributed by atoms with Crippen molar-refractivity contribution in [1.82, 2.24) is 0 Å². The molecule has 0 aromatic heterocycles. The third kappa shape index (κ3) is 1.67. The molecule has 0 aliphatic carbocycles. The van der Waals surface area contributed by atoms with Crippen molar-refractivity contribution in [3.8, 4) is 0 Å². The Morgan fingerprint density at radius 2 is 2.50 bits per heavy atom. The summed E-state index contributed by atoms with van der Waals surface area (Å²) in [5.41, 5.74) is 2.41. The van der Waals surface area contributed by atoms with Crippen LogP contribution in [-0.2, 0) is 0 Å². The Bertz CT molecular complexity index is 170. The summed E-state index contributed by atoms with van der Waals surface area (Å²) >= 11 is 0. The Hall–Kier alpha value is -0.630. The summed E-state index contributed by atoms with van der Waals surface area (Å²) in [6, 6.07) is 0. The summed E-state index contributed by atoms with van der Waals surface area (Å²) in [6.45, 7) is 2.25. The van der Waals surface area contributed by atoms with Crippen LogP contribution in [0.25, 0.3) is 0 Å². The lowest BCUT2D eigenvalue weighted by atomic mass is 10.0. The van der Waals surface area contributed by atoms with Gasteiger partial charge in [-0.15, -0.1) is 0 Å². The molecule has 0 spiro atoms. The van der Waals surface area contributed by atoms with Crippen molar-refractivity contribution >= 4 is 6.21 Å². The molecule has 0 aromatic rings. The van der Waals surface area contributed by atoms with Gasteiger partial charge in [-0.05, 0) is 31.8 Å². The average molecular weight is 139 g/mol. The molecule has 2 heteroatoms. The standard InChI is InChI=1S/C8H13NO/c1-7-8(4-6-10)3-2-5-9-7/h5,10H,2-4,6H2,1H3. The highest BCUT2D eigenvalue weighted by atomic mass is 16.2. The second-order valence-electron chi connectivity index (χ2n) is 2.51. The quantitative estimate of drug-likeness (QED) is 0.618. The summed E-state index contributed by atoms with van der Waals surface area (Å²) in [5.74, 6) is 0. The number of aliphatic hydroxyl groups excluding tert-OH is 1. The SMILES string of the molecule is CC1=C(CCO)CCC=N1. The first-order chi connectivity index (χ1) is 4.84. The predicted molar refractivity (Wildman–Crippen MR) is 42.1 cm³/mol. The topological polar surface area (TPSA) is 32.6 Å².